The van der Waals surface area contributed by atoms with E-state index in [-0.39, 0.29) is 0 Å². The third-order valence-electron chi connectivity index (χ3n) is 4.59. The molecule has 0 aliphatic heterocycles. The Balaban J connectivity index is 1.99. The van der Waals surface area contributed by atoms with Crippen molar-refractivity contribution in [3.8, 4) is 11.1 Å². The summed E-state index contributed by atoms with van der Waals surface area (Å²) < 4.78 is 38.0. The zero-order chi connectivity index (χ0) is 20.6. The molecule has 1 N–H and O–H groups in total. The normalized spacial score (nSPS) is 14.5. The van der Waals surface area contributed by atoms with E-state index in [1.807, 2.05) is 20.8 Å². The zero-order valence-electron chi connectivity index (χ0n) is 15.6. The second-order valence-electron chi connectivity index (χ2n) is 7.45. The number of pyridine rings is 2. The van der Waals surface area contributed by atoms with Gasteiger partial charge in [0.15, 0.2) is 0 Å². The van der Waals surface area contributed by atoms with Gasteiger partial charge in [0.25, 0.3) is 0 Å². The minimum absolute atomic E-state index is 0.387. The molecule has 0 saturated carbocycles. The van der Waals surface area contributed by atoms with Gasteiger partial charge in [0.1, 0.15) is 17.6 Å². The van der Waals surface area contributed by atoms with Crippen LogP contribution in [-0.2, 0) is 11.8 Å². The van der Waals surface area contributed by atoms with E-state index in [1.54, 1.807) is 12.1 Å². The molecule has 0 aromatic carbocycles. The molecule has 0 aliphatic carbocycles. The van der Waals surface area contributed by atoms with Crippen LogP contribution in [0.2, 0.25) is 0 Å². The molecule has 1 atom stereocenters. The molecule has 0 spiro atoms. The molecule has 0 radical (unpaired) electrons. The average molecular weight is 388 g/mol. The maximum Gasteiger partial charge on any atom is 0.433 e. The fraction of sp³-hybridized carbons (Fsp3) is 0.300. The van der Waals surface area contributed by atoms with Crippen molar-refractivity contribution in [3.05, 3.63) is 72.3 Å². The third-order valence-corrected chi connectivity index (χ3v) is 4.59. The highest BCUT2D eigenvalue weighted by atomic mass is 19.4. The first-order chi connectivity index (χ1) is 13.0. The lowest BCUT2D eigenvalue weighted by atomic mass is 9.71. The number of aromatic nitrogens is 4. The van der Waals surface area contributed by atoms with Gasteiger partial charge in [0, 0.05) is 46.9 Å². The highest BCUT2D eigenvalue weighted by molar-refractivity contribution is 5.61. The monoisotopic (exact) mass is 388 g/mol. The van der Waals surface area contributed by atoms with Crippen LogP contribution in [0.4, 0.5) is 13.2 Å². The topological polar surface area (TPSA) is 71.8 Å². The first kappa shape index (κ1) is 19.9. The summed E-state index contributed by atoms with van der Waals surface area (Å²) in [5.41, 5.74) is -1.06. The SMILES string of the molecule is CC(C)(C)C(O)(c1cncnc1)c1ccc(-c2ccc(C(F)(F)F)nc2)cn1. The van der Waals surface area contributed by atoms with Crippen LogP contribution in [-0.4, -0.2) is 25.0 Å². The van der Waals surface area contributed by atoms with Crippen molar-refractivity contribution in [1.82, 2.24) is 19.9 Å². The van der Waals surface area contributed by atoms with Gasteiger partial charge in [-0.25, -0.2) is 9.97 Å². The van der Waals surface area contributed by atoms with E-state index in [0.717, 1.165) is 12.3 Å². The molecule has 5 nitrogen and oxygen atoms in total. The minimum Gasteiger partial charge on any atom is -0.378 e. The van der Waals surface area contributed by atoms with Crippen LogP contribution in [0.5, 0.6) is 0 Å². The van der Waals surface area contributed by atoms with E-state index in [2.05, 4.69) is 19.9 Å². The molecule has 0 amide bonds. The van der Waals surface area contributed by atoms with Crippen molar-refractivity contribution in [2.75, 3.05) is 0 Å². The van der Waals surface area contributed by atoms with Crippen molar-refractivity contribution >= 4 is 0 Å². The molecule has 0 fully saturated rings. The fourth-order valence-corrected chi connectivity index (χ4v) is 2.96. The second kappa shape index (κ2) is 6.94. The first-order valence-corrected chi connectivity index (χ1v) is 8.51. The number of rotatable bonds is 3. The van der Waals surface area contributed by atoms with Crippen LogP contribution in [0.1, 0.15) is 37.7 Å². The van der Waals surface area contributed by atoms with Crippen LogP contribution in [0.25, 0.3) is 11.1 Å². The molecule has 3 rings (SSSR count). The molecule has 0 aliphatic rings. The Kier molecular flexibility index (Phi) is 4.93. The summed E-state index contributed by atoms with van der Waals surface area (Å²) in [6, 6.07) is 5.60. The molecule has 3 heterocycles. The summed E-state index contributed by atoms with van der Waals surface area (Å²) in [6.45, 7) is 5.61. The Morgan fingerprint density at radius 2 is 1.25 bits per heavy atom. The number of hydrogen-bond acceptors (Lipinski definition) is 5. The van der Waals surface area contributed by atoms with Gasteiger partial charge >= 0.3 is 6.18 Å². The Bertz CT molecular complexity index is 936. The fourth-order valence-electron chi connectivity index (χ4n) is 2.96. The van der Waals surface area contributed by atoms with Crippen LogP contribution in [0.15, 0.2) is 55.4 Å². The summed E-state index contributed by atoms with van der Waals surface area (Å²) in [4.78, 5) is 15.8. The van der Waals surface area contributed by atoms with Gasteiger partial charge in [-0.1, -0.05) is 32.9 Å². The van der Waals surface area contributed by atoms with Crippen molar-refractivity contribution in [1.29, 1.82) is 0 Å². The lowest BCUT2D eigenvalue weighted by Gasteiger charge is -2.39. The van der Waals surface area contributed by atoms with Crippen molar-refractivity contribution in [2.24, 2.45) is 5.41 Å². The maximum absolute atomic E-state index is 12.7. The van der Waals surface area contributed by atoms with Crippen LogP contribution in [0.3, 0.4) is 0 Å². The molecule has 0 saturated heterocycles. The number of alkyl halides is 3. The smallest absolute Gasteiger partial charge is 0.378 e. The highest BCUT2D eigenvalue weighted by Crippen LogP contribution is 2.43. The Morgan fingerprint density at radius 1 is 0.750 bits per heavy atom. The standard InChI is InChI=1S/C20H19F3N4O/c1-18(2,3)19(28,15-10-24-12-25-11-15)16-6-4-13(8-26-16)14-5-7-17(27-9-14)20(21,22)23/h4-12,28H,1-3H3. The number of hydrogen-bond donors (Lipinski definition) is 1. The van der Waals surface area contributed by atoms with Gasteiger partial charge in [-0.2, -0.15) is 13.2 Å². The summed E-state index contributed by atoms with van der Waals surface area (Å²) in [5, 5.41) is 11.5. The van der Waals surface area contributed by atoms with E-state index in [9.17, 15) is 18.3 Å². The first-order valence-electron chi connectivity index (χ1n) is 8.51. The summed E-state index contributed by atoms with van der Waals surface area (Å²) >= 11 is 0. The van der Waals surface area contributed by atoms with Crippen LogP contribution >= 0.6 is 0 Å². The molecular weight excluding hydrogens is 369 g/mol. The number of halogens is 3. The molecule has 1 unspecified atom stereocenters. The third kappa shape index (κ3) is 3.60. The highest BCUT2D eigenvalue weighted by Gasteiger charge is 2.45. The lowest BCUT2D eigenvalue weighted by molar-refractivity contribution is -0.141. The molecule has 3 aromatic heterocycles. The van der Waals surface area contributed by atoms with Gasteiger partial charge in [0.2, 0.25) is 0 Å². The van der Waals surface area contributed by atoms with E-state index >= 15 is 0 Å². The lowest BCUT2D eigenvalue weighted by Crippen LogP contribution is -2.42. The average Bonchev–Trinajstić information content (AvgIpc) is 2.67. The molecule has 28 heavy (non-hydrogen) atoms. The van der Waals surface area contributed by atoms with Crippen molar-refractivity contribution in [3.63, 3.8) is 0 Å². The summed E-state index contributed by atoms with van der Waals surface area (Å²) in [7, 11) is 0. The Labute approximate surface area is 160 Å². The van der Waals surface area contributed by atoms with Crippen molar-refractivity contribution in [2.45, 2.75) is 32.5 Å². The Morgan fingerprint density at radius 3 is 1.64 bits per heavy atom. The van der Waals surface area contributed by atoms with E-state index in [4.69, 9.17) is 0 Å². The Hall–Kier alpha value is -2.87. The maximum atomic E-state index is 12.7. The molecular formula is C20H19F3N4O. The number of nitrogens with zero attached hydrogens (tertiary/aromatic N) is 4. The van der Waals surface area contributed by atoms with E-state index < -0.39 is 22.9 Å². The van der Waals surface area contributed by atoms with E-state index in [0.29, 0.717) is 22.4 Å². The quantitative estimate of drug-likeness (QED) is 0.727. The van der Waals surface area contributed by atoms with E-state index in [1.165, 1.54) is 31.0 Å². The summed E-state index contributed by atoms with van der Waals surface area (Å²) in [6.07, 6.45) is 2.62. The molecule has 3 aromatic rings. The van der Waals surface area contributed by atoms with Crippen LogP contribution < -0.4 is 0 Å². The molecule has 8 heteroatoms. The predicted molar refractivity (Wildman–Crippen MR) is 97.0 cm³/mol. The zero-order valence-corrected chi connectivity index (χ0v) is 15.6. The molecule has 146 valence electrons. The second-order valence-corrected chi connectivity index (χ2v) is 7.45. The summed E-state index contributed by atoms with van der Waals surface area (Å²) in [5.74, 6) is 0. The predicted octanol–water partition coefficient (Wildman–Crippen LogP) is 4.23. The van der Waals surface area contributed by atoms with Crippen molar-refractivity contribution < 1.29 is 18.3 Å². The van der Waals surface area contributed by atoms with Gasteiger partial charge in [-0.15, -0.1) is 0 Å². The van der Waals surface area contributed by atoms with Gasteiger partial charge in [-0.05, 0) is 12.1 Å². The number of aliphatic hydroxyl groups is 1. The van der Waals surface area contributed by atoms with Crippen LogP contribution in [0, 0.1) is 5.41 Å². The van der Waals surface area contributed by atoms with Gasteiger partial charge in [0.05, 0.1) is 5.69 Å². The largest absolute Gasteiger partial charge is 0.433 e. The van der Waals surface area contributed by atoms with Gasteiger partial charge < -0.3 is 5.11 Å². The minimum atomic E-state index is -4.48. The van der Waals surface area contributed by atoms with Gasteiger partial charge in [-0.3, -0.25) is 9.97 Å². The molecule has 0 bridgehead atoms.